The van der Waals surface area contributed by atoms with Crippen molar-refractivity contribution in [2.24, 2.45) is 0 Å². The number of methoxy groups -OCH3 is 1. The second kappa shape index (κ2) is 4.07. The fourth-order valence-electron chi connectivity index (χ4n) is 2.02. The molecule has 2 N–H and O–H groups in total. The van der Waals surface area contributed by atoms with E-state index in [2.05, 4.69) is 5.10 Å². The third-order valence-electron chi connectivity index (χ3n) is 2.93. The number of anilines is 1. The molecule has 4 nitrogen and oxygen atoms in total. The number of nitrogens with zero attached hydrogens (tertiary/aromatic N) is 2. The molecule has 0 radical (unpaired) electrons. The Labute approximate surface area is 105 Å². The third-order valence-corrected chi connectivity index (χ3v) is 2.93. The van der Waals surface area contributed by atoms with Gasteiger partial charge in [-0.25, -0.2) is 4.68 Å². The highest BCUT2D eigenvalue weighted by atomic mass is 16.5. The van der Waals surface area contributed by atoms with Gasteiger partial charge in [0.2, 0.25) is 0 Å². The van der Waals surface area contributed by atoms with Gasteiger partial charge in [0.25, 0.3) is 0 Å². The smallest absolute Gasteiger partial charge is 0.129 e. The first-order valence-electron chi connectivity index (χ1n) is 5.66. The molecular weight excluding hydrogens is 226 g/mol. The lowest BCUT2D eigenvalue weighted by Gasteiger charge is -2.05. The summed E-state index contributed by atoms with van der Waals surface area (Å²) in [5.74, 6) is 0.828. The summed E-state index contributed by atoms with van der Waals surface area (Å²) in [5.41, 5.74) is 8.42. The van der Waals surface area contributed by atoms with Crippen LogP contribution in [-0.4, -0.2) is 16.9 Å². The summed E-state index contributed by atoms with van der Waals surface area (Å²) in [5, 5.41) is 5.40. The van der Waals surface area contributed by atoms with Crippen molar-refractivity contribution in [3.63, 3.8) is 0 Å². The fourth-order valence-corrected chi connectivity index (χ4v) is 2.02. The molecule has 0 saturated carbocycles. The minimum absolute atomic E-state index is 0.743. The Bertz CT molecular complexity index is 686. The summed E-state index contributed by atoms with van der Waals surface area (Å²) in [4.78, 5) is 0. The van der Waals surface area contributed by atoms with E-state index in [4.69, 9.17) is 10.5 Å². The molecule has 0 spiro atoms. The maximum Gasteiger partial charge on any atom is 0.129 e. The SMILES string of the molecule is COc1cccc2c1cnn2-c1ccc(N)cc1. The van der Waals surface area contributed by atoms with E-state index in [0.717, 1.165) is 28.0 Å². The lowest BCUT2D eigenvalue weighted by atomic mass is 10.2. The number of fused-ring (bicyclic) bond motifs is 1. The molecule has 0 aliphatic rings. The zero-order chi connectivity index (χ0) is 12.5. The number of aromatic nitrogens is 2. The molecule has 3 aromatic rings. The van der Waals surface area contributed by atoms with Gasteiger partial charge in [-0.15, -0.1) is 0 Å². The summed E-state index contributed by atoms with van der Waals surface area (Å²) in [7, 11) is 1.66. The zero-order valence-electron chi connectivity index (χ0n) is 10.00. The fraction of sp³-hybridized carbons (Fsp3) is 0.0714. The van der Waals surface area contributed by atoms with Crippen molar-refractivity contribution >= 4 is 16.6 Å². The second-order valence-electron chi connectivity index (χ2n) is 4.04. The monoisotopic (exact) mass is 239 g/mol. The van der Waals surface area contributed by atoms with Gasteiger partial charge in [0.15, 0.2) is 0 Å². The number of ether oxygens (including phenoxy) is 1. The van der Waals surface area contributed by atoms with Crippen LogP contribution >= 0.6 is 0 Å². The normalized spacial score (nSPS) is 10.7. The molecule has 0 saturated heterocycles. The summed E-state index contributed by atoms with van der Waals surface area (Å²) in [6.07, 6.45) is 1.81. The summed E-state index contributed by atoms with van der Waals surface area (Å²) in [6.45, 7) is 0. The molecule has 0 unspecified atom stereocenters. The molecule has 0 atom stereocenters. The van der Waals surface area contributed by atoms with Gasteiger partial charge in [0.05, 0.1) is 29.9 Å². The summed E-state index contributed by atoms with van der Waals surface area (Å²) < 4.78 is 7.19. The molecule has 0 bridgehead atoms. The molecule has 4 heteroatoms. The van der Waals surface area contributed by atoms with Crippen LogP contribution in [0.15, 0.2) is 48.7 Å². The van der Waals surface area contributed by atoms with Gasteiger partial charge in [-0.3, -0.25) is 0 Å². The Kier molecular flexibility index (Phi) is 2.41. The van der Waals surface area contributed by atoms with E-state index in [9.17, 15) is 0 Å². The van der Waals surface area contributed by atoms with Crippen molar-refractivity contribution in [1.29, 1.82) is 0 Å². The third kappa shape index (κ3) is 1.59. The van der Waals surface area contributed by atoms with Gasteiger partial charge in [-0.05, 0) is 36.4 Å². The zero-order valence-corrected chi connectivity index (χ0v) is 10.00. The van der Waals surface area contributed by atoms with Crippen LogP contribution < -0.4 is 10.5 Å². The molecule has 90 valence electrons. The van der Waals surface area contributed by atoms with Gasteiger partial charge in [0.1, 0.15) is 5.75 Å². The van der Waals surface area contributed by atoms with Crippen molar-refractivity contribution in [2.75, 3.05) is 12.8 Å². The molecule has 1 heterocycles. The minimum Gasteiger partial charge on any atom is -0.496 e. The van der Waals surface area contributed by atoms with Crippen molar-refractivity contribution in [3.8, 4) is 11.4 Å². The first-order valence-corrected chi connectivity index (χ1v) is 5.66. The molecule has 1 aromatic heterocycles. The minimum atomic E-state index is 0.743. The quantitative estimate of drug-likeness (QED) is 0.699. The Balaban J connectivity index is 2.21. The van der Waals surface area contributed by atoms with Gasteiger partial charge in [-0.1, -0.05) is 6.07 Å². The van der Waals surface area contributed by atoms with E-state index in [1.807, 2.05) is 53.3 Å². The number of rotatable bonds is 2. The number of hydrogen-bond acceptors (Lipinski definition) is 3. The van der Waals surface area contributed by atoms with Gasteiger partial charge < -0.3 is 10.5 Å². The van der Waals surface area contributed by atoms with Gasteiger partial charge in [-0.2, -0.15) is 5.10 Å². The number of nitrogens with two attached hydrogens (primary N) is 1. The first kappa shape index (κ1) is 10.7. The average Bonchev–Trinajstić information content (AvgIpc) is 2.83. The molecule has 0 aliphatic heterocycles. The van der Waals surface area contributed by atoms with Crippen LogP contribution in [0.5, 0.6) is 5.75 Å². The van der Waals surface area contributed by atoms with E-state index in [0.29, 0.717) is 0 Å². The van der Waals surface area contributed by atoms with Crippen LogP contribution in [0.25, 0.3) is 16.6 Å². The van der Waals surface area contributed by atoms with E-state index >= 15 is 0 Å². The highest BCUT2D eigenvalue weighted by molar-refractivity contribution is 5.86. The average molecular weight is 239 g/mol. The number of benzene rings is 2. The van der Waals surface area contributed by atoms with Crippen molar-refractivity contribution in [3.05, 3.63) is 48.7 Å². The highest BCUT2D eigenvalue weighted by Gasteiger charge is 2.08. The predicted molar refractivity (Wildman–Crippen MR) is 72.0 cm³/mol. The van der Waals surface area contributed by atoms with Gasteiger partial charge in [0, 0.05) is 5.69 Å². The molecule has 0 fully saturated rings. The molecule has 18 heavy (non-hydrogen) atoms. The lowest BCUT2D eigenvalue weighted by molar-refractivity contribution is 0.420. The van der Waals surface area contributed by atoms with E-state index in [1.54, 1.807) is 7.11 Å². The summed E-state index contributed by atoms with van der Waals surface area (Å²) >= 11 is 0. The van der Waals surface area contributed by atoms with Crippen molar-refractivity contribution in [2.45, 2.75) is 0 Å². The van der Waals surface area contributed by atoms with Crippen LogP contribution in [0.1, 0.15) is 0 Å². The van der Waals surface area contributed by atoms with E-state index < -0.39 is 0 Å². The van der Waals surface area contributed by atoms with Crippen LogP contribution in [0.4, 0.5) is 5.69 Å². The van der Waals surface area contributed by atoms with E-state index in [1.165, 1.54) is 0 Å². The number of hydrogen-bond donors (Lipinski definition) is 1. The maximum atomic E-state index is 5.69. The van der Waals surface area contributed by atoms with Crippen LogP contribution in [0, 0.1) is 0 Å². The Morgan fingerprint density at radius 1 is 1.11 bits per heavy atom. The van der Waals surface area contributed by atoms with E-state index in [-0.39, 0.29) is 0 Å². The summed E-state index contributed by atoms with van der Waals surface area (Å²) in [6, 6.07) is 13.5. The molecule has 3 rings (SSSR count). The Morgan fingerprint density at radius 2 is 1.89 bits per heavy atom. The van der Waals surface area contributed by atoms with Crippen molar-refractivity contribution < 1.29 is 4.74 Å². The Morgan fingerprint density at radius 3 is 2.61 bits per heavy atom. The van der Waals surface area contributed by atoms with Crippen molar-refractivity contribution in [1.82, 2.24) is 9.78 Å². The number of nitrogen functional groups attached to an aromatic ring is 1. The van der Waals surface area contributed by atoms with Gasteiger partial charge >= 0.3 is 0 Å². The highest BCUT2D eigenvalue weighted by Crippen LogP contribution is 2.26. The maximum absolute atomic E-state index is 5.69. The largest absolute Gasteiger partial charge is 0.496 e. The van der Waals surface area contributed by atoms with Crippen LogP contribution in [0.2, 0.25) is 0 Å². The van der Waals surface area contributed by atoms with Crippen LogP contribution in [0.3, 0.4) is 0 Å². The second-order valence-corrected chi connectivity index (χ2v) is 4.04. The Hall–Kier alpha value is -2.49. The molecule has 0 amide bonds. The lowest BCUT2D eigenvalue weighted by Crippen LogP contribution is -1.96. The topological polar surface area (TPSA) is 53.1 Å². The molecule has 0 aliphatic carbocycles. The first-order chi connectivity index (χ1) is 8.79. The molecular formula is C14H13N3O. The standard InChI is InChI=1S/C14H13N3O/c1-18-14-4-2-3-13-12(14)9-16-17(13)11-7-5-10(15)6-8-11/h2-9H,15H2,1H3. The predicted octanol–water partition coefficient (Wildman–Crippen LogP) is 2.62. The van der Waals surface area contributed by atoms with Crippen LogP contribution in [-0.2, 0) is 0 Å². The molecule has 2 aromatic carbocycles.